The quantitative estimate of drug-likeness (QED) is 0.920. The molecule has 0 bridgehead atoms. The molecule has 2 heterocycles. The van der Waals surface area contributed by atoms with Crippen molar-refractivity contribution in [2.75, 3.05) is 20.1 Å². The van der Waals surface area contributed by atoms with Gasteiger partial charge in [-0.2, -0.15) is 0 Å². The lowest BCUT2D eigenvalue weighted by atomic mass is 10.1. The van der Waals surface area contributed by atoms with Crippen molar-refractivity contribution in [3.05, 3.63) is 35.9 Å². The summed E-state index contributed by atoms with van der Waals surface area (Å²) < 4.78 is 0. The van der Waals surface area contributed by atoms with Crippen LogP contribution in [0.5, 0.6) is 0 Å². The lowest BCUT2D eigenvalue weighted by Crippen LogP contribution is -2.41. The molecule has 114 valence electrons. The van der Waals surface area contributed by atoms with E-state index in [0.717, 1.165) is 19.5 Å². The summed E-state index contributed by atoms with van der Waals surface area (Å²) in [5, 5.41) is 3.50. The summed E-state index contributed by atoms with van der Waals surface area (Å²) in [6, 6.07) is 10.8. The molecule has 2 fully saturated rings. The zero-order chi connectivity index (χ0) is 14.8. The maximum absolute atomic E-state index is 12.7. The van der Waals surface area contributed by atoms with E-state index >= 15 is 0 Å². The third-order valence-corrected chi connectivity index (χ3v) is 4.85. The van der Waals surface area contributed by atoms with Crippen LogP contribution in [0.1, 0.15) is 37.9 Å². The summed E-state index contributed by atoms with van der Waals surface area (Å²) in [7, 11) is 2.17. The van der Waals surface area contributed by atoms with Crippen LogP contribution in [0.4, 0.5) is 0 Å². The molecule has 2 aliphatic rings. The molecule has 2 aliphatic heterocycles. The third kappa shape index (κ3) is 2.83. The average Bonchev–Trinajstić information content (AvgIpc) is 3.05. The minimum Gasteiger partial charge on any atom is -0.320 e. The Hall–Kier alpha value is -1.39. The van der Waals surface area contributed by atoms with Crippen molar-refractivity contribution in [2.45, 2.75) is 44.4 Å². The lowest BCUT2D eigenvalue weighted by molar-refractivity contribution is -0.130. The van der Waals surface area contributed by atoms with Crippen molar-refractivity contribution >= 4 is 5.91 Å². The van der Waals surface area contributed by atoms with E-state index in [0.29, 0.717) is 6.04 Å². The molecular weight excluding hydrogens is 262 g/mol. The standard InChI is InChI=1S/C17H25N3O/c1-3-15-17(21)20(12-14-10-7-11-19(14)2)16(18-15)13-8-5-4-6-9-13/h4-6,8-9,14-16,18H,3,7,10-12H2,1-2H3. The van der Waals surface area contributed by atoms with Gasteiger partial charge in [-0.1, -0.05) is 37.3 Å². The van der Waals surface area contributed by atoms with Crippen LogP contribution in [-0.4, -0.2) is 47.9 Å². The number of hydrogen-bond acceptors (Lipinski definition) is 3. The van der Waals surface area contributed by atoms with Gasteiger partial charge in [-0.3, -0.25) is 10.1 Å². The zero-order valence-electron chi connectivity index (χ0n) is 13.0. The Morgan fingerprint density at radius 2 is 2.05 bits per heavy atom. The molecule has 1 N–H and O–H groups in total. The fraction of sp³-hybridized carbons (Fsp3) is 0.588. The minimum atomic E-state index is -0.0399. The molecule has 1 aromatic rings. The second-order valence-corrected chi connectivity index (χ2v) is 6.21. The number of likely N-dealkylation sites (N-methyl/N-ethyl adjacent to an activating group) is 1. The van der Waals surface area contributed by atoms with Gasteiger partial charge >= 0.3 is 0 Å². The Labute approximate surface area is 127 Å². The number of hydrogen-bond donors (Lipinski definition) is 1. The fourth-order valence-corrected chi connectivity index (χ4v) is 3.52. The van der Waals surface area contributed by atoms with E-state index in [1.54, 1.807) is 0 Å². The number of nitrogens with one attached hydrogen (secondary N) is 1. The highest BCUT2D eigenvalue weighted by atomic mass is 16.2. The summed E-state index contributed by atoms with van der Waals surface area (Å²) in [6.45, 7) is 4.05. The predicted octanol–water partition coefficient (Wildman–Crippen LogP) is 1.99. The minimum absolute atomic E-state index is 0.0256. The topological polar surface area (TPSA) is 35.6 Å². The van der Waals surface area contributed by atoms with Crippen molar-refractivity contribution in [1.29, 1.82) is 0 Å². The number of carbonyl (C=O) groups is 1. The van der Waals surface area contributed by atoms with Crippen molar-refractivity contribution in [1.82, 2.24) is 15.1 Å². The van der Waals surface area contributed by atoms with Crippen molar-refractivity contribution < 1.29 is 4.79 Å². The largest absolute Gasteiger partial charge is 0.320 e. The normalized spacial score (nSPS) is 30.3. The monoisotopic (exact) mass is 287 g/mol. The van der Waals surface area contributed by atoms with Crippen LogP contribution in [-0.2, 0) is 4.79 Å². The molecule has 0 aliphatic carbocycles. The SMILES string of the molecule is CCC1NC(c2ccccc2)N(CC2CCCN2C)C1=O. The third-order valence-electron chi connectivity index (χ3n) is 4.85. The Morgan fingerprint density at radius 3 is 2.67 bits per heavy atom. The molecule has 4 heteroatoms. The van der Waals surface area contributed by atoms with Gasteiger partial charge in [-0.15, -0.1) is 0 Å². The summed E-state index contributed by atoms with van der Waals surface area (Å²) in [4.78, 5) is 17.1. The van der Waals surface area contributed by atoms with E-state index in [1.807, 2.05) is 18.2 Å². The van der Waals surface area contributed by atoms with E-state index in [2.05, 4.69) is 41.2 Å². The average molecular weight is 287 g/mol. The first-order valence-electron chi connectivity index (χ1n) is 8.02. The molecule has 1 aromatic carbocycles. The van der Waals surface area contributed by atoms with Crippen molar-refractivity contribution in [2.24, 2.45) is 0 Å². The van der Waals surface area contributed by atoms with Crippen LogP contribution in [0.2, 0.25) is 0 Å². The molecule has 1 amide bonds. The lowest BCUT2D eigenvalue weighted by Gasteiger charge is -2.30. The molecular formula is C17H25N3O. The first-order valence-corrected chi connectivity index (χ1v) is 8.02. The van der Waals surface area contributed by atoms with Gasteiger partial charge in [-0.25, -0.2) is 0 Å². The first kappa shape index (κ1) is 14.5. The smallest absolute Gasteiger partial charge is 0.241 e. The van der Waals surface area contributed by atoms with Crippen LogP contribution in [0.25, 0.3) is 0 Å². The first-order chi connectivity index (χ1) is 10.2. The Balaban J connectivity index is 1.81. The molecule has 0 aromatic heterocycles. The van der Waals surface area contributed by atoms with Gasteiger partial charge in [0.15, 0.2) is 0 Å². The second kappa shape index (κ2) is 6.16. The number of amides is 1. The number of benzene rings is 1. The predicted molar refractivity (Wildman–Crippen MR) is 83.8 cm³/mol. The highest BCUT2D eigenvalue weighted by molar-refractivity contribution is 5.84. The summed E-state index contributed by atoms with van der Waals surface area (Å²) in [6.07, 6.45) is 3.30. The molecule has 0 spiro atoms. The number of carbonyl (C=O) groups excluding carboxylic acids is 1. The molecule has 21 heavy (non-hydrogen) atoms. The Kier molecular flexibility index (Phi) is 4.27. The Morgan fingerprint density at radius 1 is 1.29 bits per heavy atom. The maximum atomic E-state index is 12.7. The number of rotatable bonds is 4. The fourth-order valence-electron chi connectivity index (χ4n) is 3.52. The molecule has 0 saturated carbocycles. The van der Waals surface area contributed by atoms with Gasteiger partial charge in [0.05, 0.1) is 6.04 Å². The molecule has 2 saturated heterocycles. The van der Waals surface area contributed by atoms with Crippen molar-refractivity contribution in [3.8, 4) is 0 Å². The van der Waals surface area contributed by atoms with Crippen LogP contribution in [0.3, 0.4) is 0 Å². The number of nitrogens with zero attached hydrogens (tertiary/aromatic N) is 2. The van der Waals surface area contributed by atoms with E-state index in [4.69, 9.17) is 0 Å². The molecule has 3 unspecified atom stereocenters. The molecule has 3 rings (SSSR count). The number of likely N-dealkylation sites (tertiary alicyclic amines) is 1. The van der Waals surface area contributed by atoms with Gasteiger partial charge in [0.25, 0.3) is 0 Å². The van der Waals surface area contributed by atoms with Crippen molar-refractivity contribution in [3.63, 3.8) is 0 Å². The van der Waals surface area contributed by atoms with Gasteiger partial charge < -0.3 is 9.80 Å². The van der Waals surface area contributed by atoms with Crippen LogP contribution < -0.4 is 5.32 Å². The molecule has 4 nitrogen and oxygen atoms in total. The highest BCUT2D eigenvalue weighted by Crippen LogP contribution is 2.28. The molecule has 3 atom stereocenters. The van der Waals surface area contributed by atoms with Crippen LogP contribution in [0.15, 0.2) is 30.3 Å². The van der Waals surface area contributed by atoms with Crippen LogP contribution in [0, 0.1) is 0 Å². The maximum Gasteiger partial charge on any atom is 0.241 e. The van der Waals surface area contributed by atoms with Crippen LogP contribution >= 0.6 is 0 Å². The zero-order valence-corrected chi connectivity index (χ0v) is 13.0. The summed E-state index contributed by atoms with van der Waals surface area (Å²) in [5.74, 6) is 0.256. The van der Waals surface area contributed by atoms with Gasteiger partial charge in [0.1, 0.15) is 6.17 Å². The summed E-state index contributed by atoms with van der Waals surface area (Å²) in [5.41, 5.74) is 1.18. The van der Waals surface area contributed by atoms with Gasteiger partial charge in [-0.05, 0) is 38.4 Å². The second-order valence-electron chi connectivity index (χ2n) is 6.21. The summed E-state index contributed by atoms with van der Waals surface area (Å²) >= 11 is 0. The van der Waals surface area contributed by atoms with E-state index in [1.165, 1.54) is 18.4 Å². The van der Waals surface area contributed by atoms with E-state index in [9.17, 15) is 4.79 Å². The van der Waals surface area contributed by atoms with Gasteiger partial charge in [0, 0.05) is 12.6 Å². The Bertz CT molecular complexity index is 490. The highest BCUT2D eigenvalue weighted by Gasteiger charge is 2.40. The molecule has 0 radical (unpaired) electrons. The van der Waals surface area contributed by atoms with E-state index < -0.39 is 0 Å². The van der Waals surface area contributed by atoms with E-state index in [-0.39, 0.29) is 18.1 Å². The van der Waals surface area contributed by atoms with Gasteiger partial charge in [0.2, 0.25) is 5.91 Å².